The minimum absolute atomic E-state index is 0.509. The first-order chi connectivity index (χ1) is 8.31. The van der Waals surface area contributed by atoms with E-state index in [4.69, 9.17) is 15.2 Å². The van der Waals surface area contributed by atoms with E-state index < -0.39 is 0 Å². The van der Waals surface area contributed by atoms with Crippen molar-refractivity contribution in [2.45, 2.75) is 26.2 Å². The van der Waals surface area contributed by atoms with Crippen molar-refractivity contribution in [1.29, 1.82) is 5.26 Å². The summed E-state index contributed by atoms with van der Waals surface area (Å²) in [6, 6.07) is 9.46. The highest BCUT2D eigenvalue weighted by Crippen LogP contribution is 2.14. The molecule has 0 spiro atoms. The molecule has 17 heavy (non-hydrogen) atoms. The molecule has 1 aromatic carbocycles. The van der Waals surface area contributed by atoms with Gasteiger partial charge in [0, 0.05) is 6.42 Å². The average molecular weight is 232 g/mol. The second-order valence-electron chi connectivity index (χ2n) is 3.53. The zero-order valence-corrected chi connectivity index (χ0v) is 9.89. The van der Waals surface area contributed by atoms with Crippen LogP contribution in [-0.2, 0) is 0 Å². The molecular weight excluding hydrogens is 216 g/mol. The minimum atomic E-state index is 0.509. The van der Waals surface area contributed by atoms with E-state index in [1.165, 1.54) is 0 Å². The third kappa shape index (κ3) is 4.15. The summed E-state index contributed by atoms with van der Waals surface area (Å²) in [4.78, 5) is 0. The van der Waals surface area contributed by atoms with Crippen LogP contribution < -0.4 is 4.74 Å². The van der Waals surface area contributed by atoms with E-state index in [1.54, 1.807) is 0 Å². The first-order valence-electron chi connectivity index (χ1n) is 5.63. The summed E-state index contributed by atoms with van der Waals surface area (Å²) in [5, 5.41) is 20.4. The van der Waals surface area contributed by atoms with Gasteiger partial charge < -0.3 is 9.94 Å². The van der Waals surface area contributed by atoms with Crippen LogP contribution in [0.5, 0.6) is 5.75 Å². The summed E-state index contributed by atoms with van der Waals surface area (Å²) in [5.74, 6) is 0.764. The predicted molar refractivity (Wildman–Crippen MR) is 65.4 cm³/mol. The molecule has 0 saturated heterocycles. The van der Waals surface area contributed by atoms with Crippen molar-refractivity contribution in [1.82, 2.24) is 0 Å². The Morgan fingerprint density at radius 3 is 2.65 bits per heavy atom. The zero-order valence-electron chi connectivity index (χ0n) is 9.89. The molecule has 0 heterocycles. The van der Waals surface area contributed by atoms with Crippen LogP contribution in [0.15, 0.2) is 29.4 Å². The number of hydrogen-bond acceptors (Lipinski definition) is 4. The highest BCUT2D eigenvalue weighted by Gasteiger charge is 2.01. The van der Waals surface area contributed by atoms with Crippen molar-refractivity contribution < 1.29 is 9.94 Å². The molecule has 0 atom stereocenters. The number of unbranched alkanes of at least 4 members (excludes halogenated alkanes) is 1. The Hall–Kier alpha value is -2.02. The van der Waals surface area contributed by atoms with Gasteiger partial charge in [-0.2, -0.15) is 5.26 Å². The lowest BCUT2D eigenvalue weighted by atomic mass is 10.1. The molecule has 0 unspecified atom stereocenters. The largest absolute Gasteiger partial charge is 0.494 e. The van der Waals surface area contributed by atoms with Gasteiger partial charge in [0.25, 0.3) is 0 Å². The molecular formula is C13H16N2O2. The van der Waals surface area contributed by atoms with Crippen molar-refractivity contribution in [2.75, 3.05) is 6.61 Å². The van der Waals surface area contributed by atoms with E-state index in [9.17, 15) is 0 Å². The van der Waals surface area contributed by atoms with Gasteiger partial charge >= 0.3 is 0 Å². The van der Waals surface area contributed by atoms with Crippen molar-refractivity contribution in [3.63, 3.8) is 0 Å². The first kappa shape index (κ1) is 13.0. The summed E-state index contributed by atoms with van der Waals surface area (Å²) in [6.45, 7) is 2.48. The number of hydrogen-bond donors (Lipinski definition) is 1. The number of oxime groups is 1. The van der Waals surface area contributed by atoms with Gasteiger partial charge in [0.05, 0.1) is 18.4 Å². The summed E-state index contributed by atoms with van der Waals surface area (Å²) in [6.07, 6.45) is 1.92. The van der Waals surface area contributed by atoms with Crippen molar-refractivity contribution in [2.24, 2.45) is 5.16 Å². The van der Waals surface area contributed by atoms with E-state index in [0.717, 1.165) is 17.7 Å². The van der Waals surface area contributed by atoms with Crippen LogP contribution in [0, 0.1) is 11.3 Å². The standard InChI is InChI=1S/C13H16N2O2/c1-2-13(15-16)11-5-7-12(8-6-11)17-10-4-3-9-14/h5-8,16H,2-4,10H2,1H3/b15-13+. The van der Waals surface area contributed by atoms with Gasteiger partial charge in [0.15, 0.2) is 0 Å². The van der Waals surface area contributed by atoms with E-state index in [1.807, 2.05) is 31.2 Å². The fourth-order valence-electron chi connectivity index (χ4n) is 1.42. The highest BCUT2D eigenvalue weighted by molar-refractivity contribution is 6.00. The summed E-state index contributed by atoms with van der Waals surface area (Å²) in [7, 11) is 0. The molecule has 1 aromatic rings. The molecule has 0 fully saturated rings. The fourth-order valence-corrected chi connectivity index (χ4v) is 1.42. The molecule has 4 heteroatoms. The van der Waals surface area contributed by atoms with Gasteiger partial charge in [-0.1, -0.05) is 12.1 Å². The molecule has 90 valence electrons. The van der Waals surface area contributed by atoms with Gasteiger partial charge in [0.2, 0.25) is 0 Å². The topological polar surface area (TPSA) is 65.6 Å². The number of nitriles is 1. The fraction of sp³-hybridized carbons (Fsp3) is 0.385. The Balaban J connectivity index is 2.53. The molecule has 1 N–H and O–H groups in total. The monoisotopic (exact) mass is 232 g/mol. The second kappa shape index (κ2) is 7.29. The first-order valence-corrected chi connectivity index (χ1v) is 5.63. The van der Waals surface area contributed by atoms with Crippen molar-refractivity contribution in [3.05, 3.63) is 29.8 Å². The normalized spacial score (nSPS) is 10.9. The molecule has 0 aliphatic carbocycles. The SMILES string of the molecule is CC/C(=N\O)c1ccc(OCCCC#N)cc1. The van der Waals surface area contributed by atoms with Crippen LogP contribution in [-0.4, -0.2) is 17.5 Å². The van der Waals surface area contributed by atoms with Crippen LogP contribution in [0.1, 0.15) is 31.7 Å². The van der Waals surface area contributed by atoms with Crippen LogP contribution in [0.3, 0.4) is 0 Å². The maximum absolute atomic E-state index is 8.78. The molecule has 4 nitrogen and oxygen atoms in total. The minimum Gasteiger partial charge on any atom is -0.494 e. The Morgan fingerprint density at radius 2 is 2.12 bits per heavy atom. The van der Waals surface area contributed by atoms with E-state index >= 15 is 0 Å². The lowest BCUT2D eigenvalue weighted by Crippen LogP contribution is -2.00. The Bertz CT molecular complexity index is 404. The highest BCUT2D eigenvalue weighted by atomic mass is 16.5. The van der Waals surface area contributed by atoms with Gasteiger partial charge in [-0.05, 0) is 42.7 Å². The maximum atomic E-state index is 8.78. The van der Waals surface area contributed by atoms with Crippen molar-refractivity contribution >= 4 is 5.71 Å². The molecule has 0 radical (unpaired) electrons. The third-order valence-electron chi connectivity index (χ3n) is 2.34. The number of ether oxygens (including phenoxy) is 1. The molecule has 0 bridgehead atoms. The lowest BCUT2D eigenvalue weighted by molar-refractivity contribution is 0.312. The predicted octanol–water partition coefficient (Wildman–Crippen LogP) is 2.96. The smallest absolute Gasteiger partial charge is 0.119 e. The molecule has 0 amide bonds. The Morgan fingerprint density at radius 1 is 1.41 bits per heavy atom. The number of benzene rings is 1. The summed E-state index contributed by atoms with van der Waals surface area (Å²) < 4.78 is 5.46. The quantitative estimate of drug-likeness (QED) is 0.355. The second-order valence-corrected chi connectivity index (χ2v) is 3.53. The van der Waals surface area contributed by atoms with Crippen LogP contribution >= 0.6 is 0 Å². The molecule has 0 saturated carbocycles. The lowest BCUT2D eigenvalue weighted by Gasteiger charge is -2.06. The zero-order chi connectivity index (χ0) is 12.5. The maximum Gasteiger partial charge on any atom is 0.119 e. The third-order valence-corrected chi connectivity index (χ3v) is 2.34. The van der Waals surface area contributed by atoms with Crippen molar-refractivity contribution in [3.8, 4) is 11.8 Å². The van der Waals surface area contributed by atoms with Gasteiger partial charge in [-0.25, -0.2) is 0 Å². The van der Waals surface area contributed by atoms with Gasteiger partial charge in [-0.15, -0.1) is 0 Å². The van der Waals surface area contributed by atoms with E-state index in [2.05, 4.69) is 11.2 Å². The molecule has 0 aliphatic heterocycles. The number of nitrogens with zero attached hydrogens (tertiary/aromatic N) is 2. The molecule has 0 aromatic heterocycles. The van der Waals surface area contributed by atoms with Crippen LogP contribution in [0.25, 0.3) is 0 Å². The Labute approximate surface area is 101 Å². The molecule has 0 aliphatic rings. The average Bonchev–Trinajstić information content (AvgIpc) is 2.38. The van der Waals surface area contributed by atoms with E-state index in [0.29, 0.717) is 25.2 Å². The number of rotatable bonds is 6. The van der Waals surface area contributed by atoms with Crippen LogP contribution in [0.4, 0.5) is 0 Å². The molecule has 1 rings (SSSR count). The van der Waals surface area contributed by atoms with E-state index in [-0.39, 0.29) is 0 Å². The summed E-state index contributed by atoms with van der Waals surface area (Å²) >= 11 is 0. The van der Waals surface area contributed by atoms with Gasteiger partial charge in [0.1, 0.15) is 5.75 Å². The summed E-state index contributed by atoms with van der Waals surface area (Å²) in [5.41, 5.74) is 1.54. The van der Waals surface area contributed by atoms with Crippen LogP contribution in [0.2, 0.25) is 0 Å². The van der Waals surface area contributed by atoms with Gasteiger partial charge in [-0.3, -0.25) is 0 Å². The Kier molecular flexibility index (Phi) is 5.59.